The van der Waals surface area contributed by atoms with Crippen LogP contribution >= 0.6 is 11.6 Å². The molecule has 0 unspecified atom stereocenters. The Bertz CT molecular complexity index is 969. The van der Waals surface area contributed by atoms with Crippen LogP contribution in [0.5, 0.6) is 28.7 Å². The van der Waals surface area contributed by atoms with Crippen molar-refractivity contribution in [3.05, 3.63) is 82.9 Å². The topological polar surface area (TPSA) is 87.0 Å². The highest BCUT2D eigenvalue weighted by atomic mass is 35.5. The second-order valence-corrected chi connectivity index (χ2v) is 6.12. The van der Waals surface area contributed by atoms with E-state index in [0.29, 0.717) is 16.5 Å². The van der Waals surface area contributed by atoms with E-state index in [-0.39, 0.29) is 11.3 Å². The minimum Gasteiger partial charge on any atom is -0.508 e. The molecule has 0 aromatic heterocycles. The standard InChI is InChI=1S/C21H15ClO5/c22-14-4-8-17(9-5-14)27-16-6-1-13(2-7-16)3-10-18(24)21-19(25)11-15(23)12-20(21)26/h1-12,23,25-26H/b10-3+. The number of rotatable bonds is 5. The summed E-state index contributed by atoms with van der Waals surface area (Å²) in [5.74, 6) is -0.637. The molecule has 5 nitrogen and oxygen atoms in total. The fourth-order valence-electron chi connectivity index (χ4n) is 2.39. The molecule has 3 aromatic rings. The van der Waals surface area contributed by atoms with Crippen molar-refractivity contribution in [3.8, 4) is 28.7 Å². The Morgan fingerprint density at radius 2 is 1.37 bits per heavy atom. The lowest BCUT2D eigenvalue weighted by molar-refractivity contribution is 0.104. The third-order valence-corrected chi connectivity index (χ3v) is 3.94. The lowest BCUT2D eigenvalue weighted by Gasteiger charge is -2.06. The van der Waals surface area contributed by atoms with E-state index in [1.807, 2.05) is 0 Å². The number of aromatic hydroxyl groups is 3. The van der Waals surface area contributed by atoms with Gasteiger partial charge in [-0.25, -0.2) is 0 Å². The molecule has 0 saturated heterocycles. The zero-order valence-electron chi connectivity index (χ0n) is 14.0. The fraction of sp³-hybridized carbons (Fsp3) is 0. The molecule has 0 aliphatic rings. The van der Waals surface area contributed by atoms with Crippen molar-refractivity contribution in [3.63, 3.8) is 0 Å². The quantitative estimate of drug-likeness (QED) is 0.420. The maximum Gasteiger partial charge on any atom is 0.193 e. The molecule has 0 spiro atoms. The maximum absolute atomic E-state index is 12.2. The predicted molar refractivity (Wildman–Crippen MR) is 103 cm³/mol. The van der Waals surface area contributed by atoms with E-state index in [0.717, 1.165) is 17.7 Å². The molecule has 3 aromatic carbocycles. The highest BCUT2D eigenvalue weighted by molar-refractivity contribution is 6.30. The van der Waals surface area contributed by atoms with E-state index in [9.17, 15) is 20.1 Å². The Kier molecular flexibility index (Phi) is 5.33. The molecule has 3 N–H and O–H groups in total. The van der Waals surface area contributed by atoms with Crippen LogP contribution in [0.2, 0.25) is 5.02 Å². The zero-order valence-corrected chi connectivity index (χ0v) is 14.7. The molecule has 0 atom stereocenters. The summed E-state index contributed by atoms with van der Waals surface area (Å²) in [6.07, 6.45) is 2.76. The number of phenols is 3. The van der Waals surface area contributed by atoms with Crippen molar-refractivity contribution in [2.75, 3.05) is 0 Å². The van der Waals surface area contributed by atoms with Crippen molar-refractivity contribution in [1.82, 2.24) is 0 Å². The van der Waals surface area contributed by atoms with Gasteiger partial charge in [0.2, 0.25) is 0 Å². The van der Waals surface area contributed by atoms with Gasteiger partial charge in [0, 0.05) is 17.2 Å². The van der Waals surface area contributed by atoms with E-state index in [2.05, 4.69) is 0 Å². The number of ether oxygens (including phenoxy) is 1. The molecule has 6 heteroatoms. The van der Waals surface area contributed by atoms with Gasteiger partial charge in [0.15, 0.2) is 5.78 Å². The van der Waals surface area contributed by atoms with Gasteiger partial charge in [0.25, 0.3) is 0 Å². The zero-order chi connectivity index (χ0) is 19.4. The first kappa shape index (κ1) is 18.4. The number of carbonyl (C=O) groups excluding carboxylic acids is 1. The van der Waals surface area contributed by atoms with Gasteiger partial charge in [-0.05, 0) is 48.0 Å². The van der Waals surface area contributed by atoms with E-state index >= 15 is 0 Å². The summed E-state index contributed by atoms with van der Waals surface area (Å²) in [4.78, 5) is 12.2. The SMILES string of the molecule is O=C(/C=C/c1ccc(Oc2ccc(Cl)cc2)cc1)c1c(O)cc(O)cc1O. The van der Waals surface area contributed by atoms with Gasteiger partial charge in [-0.1, -0.05) is 29.8 Å². The number of hydrogen-bond donors (Lipinski definition) is 3. The minimum atomic E-state index is -0.591. The first-order valence-electron chi connectivity index (χ1n) is 7.93. The number of carbonyl (C=O) groups is 1. The lowest BCUT2D eigenvalue weighted by Crippen LogP contribution is -1.95. The largest absolute Gasteiger partial charge is 0.508 e. The van der Waals surface area contributed by atoms with Gasteiger partial charge in [0.05, 0.1) is 0 Å². The Morgan fingerprint density at radius 3 is 1.93 bits per heavy atom. The van der Waals surface area contributed by atoms with Crippen molar-refractivity contribution in [2.45, 2.75) is 0 Å². The minimum absolute atomic E-state index is 0.272. The Balaban J connectivity index is 1.71. The van der Waals surface area contributed by atoms with Crippen LogP contribution in [0.4, 0.5) is 0 Å². The second-order valence-electron chi connectivity index (χ2n) is 5.68. The van der Waals surface area contributed by atoms with Gasteiger partial charge in [-0.15, -0.1) is 0 Å². The van der Waals surface area contributed by atoms with Crippen LogP contribution in [0.25, 0.3) is 6.08 Å². The van der Waals surface area contributed by atoms with Crippen molar-refractivity contribution in [2.24, 2.45) is 0 Å². The molecular formula is C21H15ClO5. The van der Waals surface area contributed by atoms with Crippen LogP contribution in [0.1, 0.15) is 15.9 Å². The molecule has 0 amide bonds. The molecule has 0 radical (unpaired) electrons. The highest BCUT2D eigenvalue weighted by Crippen LogP contribution is 2.32. The first-order chi connectivity index (χ1) is 12.9. The van der Waals surface area contributed by atoms with Crippen LogP contribution in [-0.2, 0) is 0 Å². The summed E-state index contributed by atoms with van der Waals surface area (Å²) in [5.41, 5.74) is 0.455. The average molecular weight is 383 g/mol. The van der Waals surface area contributed by atoms with Crippen LogP contribution in [0.3, 0.4) is 0 Å². The van der Waals surface area contributed by atoms with E-state index < -0.39 is 17.3 Å². The molecule has 0 saturated carbocycles. The summed E-state index contributed by atoms with van der Waals surface area (Å²) in [6, 6.07) is 15.9. The molecular weight excluding hydrogens is 368 g/mol. The maximum atomic E-state index is 12.2. The molecule has 27 heavy (non-hydrogen) atoms. The summed E-state index contributed by atoms with van der Waals surface area (Å²) in [5, 5.41) is 29.4. The molecule has 3 rings (SSSR count). The first-order valence-corrected chi connectivity index (χ1v) is 8.31. The number of halogens is 1. The van der Waals surface area contributed by atoms with E-state index in [1.165, 1.54) is 6.08 Å². The van der Waals surface area contributed by atoms with Crippen LogP contribution in [0.15, 0.2) is 66.7 Å². The molecule has 0 aliphatic heterocycles. The number of ketones is 1. The van der Waals surface area contributed by atoms with Gasteiger partial charge in [-0.2, -0.15) is 0 Å². The van der Waals surface area contributed by atoms with Crippen LogP contribution in [0, 0.1) is 0 Å². The van der Waals surface area contributed by atoms with Gasteiger partial charge in [-0.3, -0.25) is 4.79 Å². The fourth-order valence-corrected chi connectivity index (χ4v) is 2.52. The van der Waals surface area contributed by atoms with Gasteiger partial charge >= 0.3 is 0 Å². The number of allylic oxidation sites excluding steroid dienone is 1. The van der Waals surface area contributed by atoms with Crippen LogP contribution < -0.4 is 4.74 Å². The molecule has 0 fully saturated rings. The van der Waals surface area contributed by atoms with Gasteiger partial charge in [0.1, 0.15) is 34.3 Å². The normalized spacial score (nSPS) is 10.9. The van der Waals surface area contributed by atoms with Crippen molar-refractivity contribution >= 4 is 23.5 Å². The molecule has 0 aliphatic carbocycles. The van der Waals surface area contributed by atoms with E-state index in [4.69, 9.17) is 16.3 Å². The smallest absolute Gasteiger partial charge is 0.193 e. The molecule has 0 bridgehead atoms. The average Bonchev–Trinajstić information content (AvgIpc) is 2.62. The Labute approximate surface area is 160 Å². The Hall–Kier alpha value is -3.44. The number of phenolic OH excluding ortho intramolecular Hbond substituents is 3. The van der Waals surface area contributed by atoms with Crippen LogP contribution in [-0.4, -0.2) is 21.1 Å². The molecule has 0 heterocycles. The van der Waals surface area contributed by atoms with Gasteiger partial charge < -0.3 is 20.1 Å². The lowest BCUT2D eigenvalue weighted by atomic mass is 10.1. The number of hydrogen-bond acceptors (Lipinski definition) is 5. The van der Waals surface area contributed by atoms with E-state index in [1.54, 1.807) is 54.6 Å². The summed E-state index contributed by atoms with van der Waals surface area (Å²) in [6.45, 7) is 0. The molecule has 136 valence electrons. The van der Waals surface area contributed by atoms with Crippen molar-refractivity contribution in [1.29, 1.82) is 0 Å². The predicted octanol–water partition coefficient (Wildman–Crippen LogP) is 5.15. The third kappa shape index (κ3) is 4.59. The highest BCUT2D eigenvalue weighted by Gasteiger charge is 2.15. The summed E-state index contributed by atoms with van der Waals surface area (Å²) >= 11 is 5.83. The number of benzene rings is 3. The summed E-state index contributed by atoms with van der Waals surface area (Å²) < 4.78 is 5.69. The van der Waals surface area contributed by atoms with Crippen molar-refractivity contribution < 1.29 is 24.9 Å². The Morgan fingerprint density at radius 1 is 0.852 bits per heavy atom. The monoisotopic (exact) mass is 382 g/mol. The second kappa shape index (κ2) is 7.85. The summed E-state index contributed by atoms with van der Waals surface area (Å²) in [7, 11) is 0. The third-order valence-electron chi connectivity index (χ3n) is 3.68.